The van der Waals surface area contributed by atoms with E-state index in [1.165, 1.54) is 4.31 Å². The fourth-order valence-electron chi connectivity index (χ4n) is 3.52. The fraction of sp³-hybridized carbons (Fsp3) is 0.167. The number of carbonyl (C=O) groups excluding carboxylic acids is 1. The highest BCUT2D eigenvalue weighted by molar-refractivity contribution is 7.88. The van der Waals surface area contributed by atoms with E-state index >= 15 is 0 Å². The van der Waals surface area contributed by atoms with E-state index in [4.69, 9.17) is 0 Å². The maximum absolute atomic E-state index is 13.7. The second kappa shape index (κ2) is 10.5. The molecule has 0 atom stereocenters. The molecule has 4 aromatic rings. The van der Waals surface area contributed by atoms with Crippen LogP contribution in [0.4, 0.5) is 5.82 Å². The Balaban J connectivity index is 1.64. The summed E-state index contributed by atoms with van der Waals surface area (Å²) in [6.07, 6.45) is 5.19. The number of hydrogen-bond donors (Lipinski definition) is 1. The normalized spacial score (nSPS) is 11.5. The number of nitrogens with zero attached hydrogens (tertiary/aromatic N) is 5. The van der Waals surface area contributed by atoms with Crippen molar-refractivity contribution >= 4 is 21.8 Å². The summed E-state index contributed by atoms with van der Waals surface area (Å²) in [5.74, 6) is -0.950. The minimum absolute atomic E-state index is 0.0149. The number of nitrogens with one attached hydrogen (secondary N) is 1. The van der Waals surface area contributed by atoms with E-state index in [0.717, 1.165) is 11.3 Å². The highest BCUT2D eigenvalue weighted by Gasteiger charge is 2.32. The lowest BCUT2D eigenvalue weighted by Gasteiger charge is -2.21. The first-order chi connectivity index (χ1) is 16.8. The number of sulfonamides is 1. The summed E-state index contributed by atoms with van der Waals surface area (Å²) in [4.78, 5) is 15.1. The van der Waals surface area contributed by atoms with E-state index in [-0.39, 0.29) is 18.1 Å². The molecule has 11 heteroatoms. The molecule has 0 radical (unpaired) electrons. The molecule has 10 nitrogen and oxygen atoms in total. The number of anilines is 1. The molecule has 0 saturated heterocycles. The van der Waals surface area contributed by atoms with Gasteiger partial charge < -0.3 is 15.2 Å². The van der Waals surface area contributed by atoms with Crippen LogP contribution in [0.3, 0.4) is 0 Å². The average molecular weight is 493 g/mol. The maximum Gasteiger partial charge on any atom is 0.312 e. The van der Waals surface area contributed by atoms with E-state index in [1.54, 1.807) is 65.1 Å². The van der Waals surface area contributed by atoms with Crippen molar-refractivity contribution in [2.45, 2.75) is 18.1 Å². The molecule has 0 spiro atoms. The van der Waals surface area contributed by atoms with Crippen molar-refractivity contribution in [2.75, 3.05) is 11.9 Å². The molecule has 1 aromatic carbocycles. The number of aromatic nitrogens is 4. The quantitative estimate of drug-likeness (QED) is 0.322. The molecular formula is C24H24N6O4S. The van der Waals surface area contributed by atoms with Crippen molar-refractivity contribution in [2.24, 2.45) is 7.05 Å². The number of hydrogen-bond acceptors (Lipinski definition) is 7. The van der Waals surface area contributed by atoms with Crippen molar-refractivity contribution < 1.29 is 22.9 Å². The molecule has 1 N–H and O–H groups in total. The Hall–Kier alpha value is -4.09. The number of pyridine rings is 2. The SMILES string of the molecule is C[n+]1ccccc1S(=O)(=O)N(Cc1ccc(-n2cccn2)cc1)Cc1cccc(NCC(=O)[O-])n1. The summed E-state index contributed by atoms with van der Waals surface area (Å²) in [5, 5.41) is 17.8. The highest BCUT2D eigenvalue weighted by atomic mass is 32.2. The Morgan fingerprint density at radius 2 is 1.86 bits per heavy atom. The molecule has 0 fully saturated rings. The largest absolute Gasteiger partial charge is 0.548 e. The summed E-state index contributed by atoms with van der Waals surface area (Å²) >= 11 is 0. The first kappa shape index (κ1) is 24.0. The van der Waals surface area contributed by atoms with E-state index < -0.39 is 22.5 Å². The number of aliphatic carboxylic acids is 1. The van der Waals surface area contributed by atoms with Gasteiger partial charge in [0.25, 0.3) is 0 Å². The van der Waals surface area contributed by atoms with Gasteiger partial charge in [0.1, 0.15) is 12.9 Å². The van der Waals surface area contributed by atoms with E-state index in [0.29, 0.717) is 11.5 Å². The Morgan fingerprint density at radius 1 is 1.06 bits per heavy atom. The summed E-state index contributed by atoms with van der Waals surface area (Å²) in [6, 6.07) is 19.3. The van der Waals surface area contributed by atoms with E-state index in [9.17, 15) is 18.3 Å². The maximum atomic E-state index is 13.7. The molecule has 3 heterocycles. The van der Waals surface area contributed by atoms with Crippen LogP contribution in [0, 0.1) is 0 Å². The first-order valence-corrected chi connectivity index (χ1v) is 12.2. The van der Waals surface area contributed by atoms with E-state index in [1.807, 2.05) is 36.5 Å². The van der Waals surface area contributed by atoms with E-state index in [2.05, 4.69) is 15.4 Å². The second-order valence-electron chi connectivity index (χ2n) is 7.78. The van der Waals surface area contributed by atoms with Crippen LogP contribution in [0.5, 0.6) is 0 Å². The molecule has 180 valence electrons. The molecule has 35 heavy (non-hydrogen) atoms. The van der Waals surface area contributed by atoms with Crippen molar-refractivity contribution in [1.29, 1.82) is 0 Å². The van der Waals surface area contributed by atoms with Gasteiger partial charge in [0, 0.05) is 31.1 Å². The Morgan fingerprint density at radius 3 is 2.54 bits per heavy atom. The molecule has 0 unspecified atom stereocenters. The third kappa shape index (κ3) is 5.89. The predicted molar refractivity (Wildman–Crippen MR) is 125 cm³/mol. The zero-order valence-corrected chi connectivity index (χ0v) is 19.8. The van der Waals surface area contributed by atoms with Crippen LogP contribution in [0.1, 0.15) is 11.3 Å². The van der Waals surface area contributed by atoms with Gasteiger partial charge in [-0.3, -0.25) is 0 Å². The average Bonchev–Trinajstić information content (AvgIpc) is 3.38. The zero-order chi connectivity index (χ0) is 24.8. The molecule has 3 aromatic heterocycles. The van der Waals surface area contributed by atoms with Gasteiger partial charge in [0.2, 0.25) is 0 Å². The molecule has 0 saturated carbocycles. The monoisotopic (exact) mass is 492 g/mol. The summed E-state index contributed by atoms with van der Waals surface area (Å²) in [5.41, 5.74) is 2.11. The van der Waals surface area contributed by atoms with Crippen LogP contribution in [-0.4, -0.2) is 40.0 Å². The van der Waals surface area contributed by atoms with Gasteiger partial charge in [-0.15, -0.1) is 0 Å². The fourth-order valence-corrected chi connectivity index (χ4v) is 5.08. The van der Waals surface area contributed by atoms with Crippen molar-refractivity contribution in [3.63, 3.8) is 0 Å². The smallest absolute Gasteiger partial charge is 0.312 e. The zero-order valence-electron chi connectivity index (χ0n) is 19.0. The number of carbonyl (C=O) groups is 1. The highest BCUT2D eigenvalue weighted by Crippen LogP contribution is 2.20. The lowest BCUT2D eigenvalue weighted by Crippen LogP contribution is -2.41. The molecule has 0 amide bonds. The number of benzene rings is 1. The van der Waals surface area contributed by atoms with Crippen LogP contribution in [0.15, 0.2) is 90.3 Å². The van der Waals surface area contributed by atoms with Crippen LogP contribution in [0.25, 0.3) is 5.69 Å². The van der Waals surface area contributed by atoms with Gasteiger partial charge in [-0.05, 0) is 42.0 Å². The first-order valence-electron chi connectivity index (χ1n) is 10.8. The third-order valence-corrected chi connectivity index (χ3v) is 7.13. The standard InChI is InChI=1S/C24H24N6O4S/c1-28-14-3-2-8-23(28)35(33,34)29(18-20-6-4-7-22(27-20)25-16-24(31)32)17-19-9-11-21(12-10-19)30-15-5-13-26-30/h2-15H,16-18H2,1H3,(H-,25,27,31,32). The molecule has 4 rings (SSSR count). The van der Waals surface area contributed by atoms with Crippen LogP contribution in [-0.2, 0) is 35.0 Å². The van der Waals surface area contributed by atoms with Gasteiger partial charge in [0.05, 0.1) is 30.4 Å². The topological polar surface area (TPSA) is 124 Å². The van der Waals surface area contributed by atoms with Crippen LogP contribution in [0.2, 0.25) is 0 Å². The number of rotatable bonds is 10. The third-order valence-electron chi connectivity index (χ3n) is 5.23. The number of aryl methyl sites for hydroxylation is 1. The lowest BCUT2D eigenvalue weighted by atomic mass is 10.2. The molecule has 0 bridgehead atoms. The molecular weight excluding hydrogens is 468 g/mol. The Bertz CT molecular complexity index is 1410. The second-order valence-corrected chi connectivity index (χ2v) is 9.66. The molecule has 0 aliphatic rings. The summed E-state index contributed by atoms with van der Waals surface area (Å²) in [6.45, 7) is -0.311. The van der Waals surface area contributed by atoms with Gasteiger partial charge in [-0.25, -0.2) is 18.1 Å². The van der Waals surface area contributed by atoms with Crippen molar-refractivity contribution in [1.82, 2.24) is 19.1 Å². The Labute approximate surface area is 203 Å². The van der Waals surface area contributed by atoms with Crippen LogP contribution < -0.4 is 15.0 Å². The van der Waals surface area contributed by atoms with Gasteiger partial charge >= 0.3 is 15.0 Å². The molecule has 0 aliphatic carbocycles. The Kier molecular flexibility index (Phi) is 7.18. The minimum Gasteiger partial charge on any atom is -0.548 e. The summed E-state index contributed by atoms with van der Waals surface area (Å²) < 4.78 is 32.0. The van der Waals surface area contributed by atoms with Gasteiger partial charge in [-0.1, -0.05) is 18.2 Å². The van der Waals surface area contributed by atoms with Gasteiger partial charge in [0.15, 0.2) is 6.20 Å². The predicted octanol–water partition coefficient (Wildman–Crippen LogP) is 0.645. The number of carboxylic acid groups (broad SMARTS) is 1. The molecule has 0 aliphatic heterocycles. The van der Waals surface area contributed by atoms with Crippen LogP contribution >= 0.6 is 0 Å². The summed E-state index contributed by atoms with van der Waals surface area (Å²) in [7, 11) is -2.23. The minimum atomic E-state index is -3.91. The van der Waals surface area contributed by atoms with Crippen molar-refractivity contribution in [3.05, 3.63) is 96.6 Å². The van der Waals surface area contributed by atoms with Gasteiger partial charge in [-0.2, -0.15) is 14.0 Å². The van der Waals surface area contributed by atoms with Crippen molar-refractivity contribution in [3.8, 4) is 5.69 Å². The number of carboxylic acids is 1. The lowest BCUT2D eigenvalue weighted by molar-refractivity contribution is -0.710.